The zero-order valence-electron chi connectivity index (χ0n) is 20.3. The molecule has 0 amide bonds. The molecule has 0 fully saturated rings. The molecule has 2 aromatic carbocycles. The van der Waals surface area contributed by atoms with Gasteiger partial charge in [-0.25, -0.2) is 13.2 Å². The highest BCUT2D eigenvalue weighted by atomic mass is 35.5. The van der Waals surface area contributed by atoms with Crippen molar-refractivity contribution in [2.75, 3.05) is 6.61 Å². The normalized spacial score (nSPS) is 11.5. The Labute approximate surface area is 210 Å². The number of carboxylic acid groups (broad SMARTS) is 1. The number of nitrogens with zero attached hydrogens (tertiary/aromatic N) is 1. The molecule has 1 N–H and O–H groups in total. The van der Waals surface area contributed by atoms with Crippen LogP contribution in [0.25, 0.3) is 0 Å². The number of rotatable bonds is 9. The number of Topliss-reactive ketones (excluding diaryl/α,β-unsaturated/α-hetero) is 1. The van der Waals surface area contributed by atoms with E-state index in [2.05, 4.69) is 0 Å². The van der Waals surface area contributed by atoms with Crippen LogP contribution in [0.5, 0.6) is 5.75 Å². The lowest BCUT2D eigenvalue weighted by molar-refractivity contribution is 0.0683. The Morgan fingerprint density at radius 3 is 2.11 bits per heavy atom. The van der Waals surface area contributed by atoms with Crippen molar-refractivity contribution >= 4 is 33.2 Å². The van der Waals surface area contributed by atoms with Gasteiger partial charge in [0, 0.05) is 28.4 Å². The number of ketones is 1. The summed E-state index contributed by atoms with van der Waals surface area (Å²) in [6.45, 7) is 8.86. The molecule has 0 aliphatic rings. The Balaban J connectivity index is 1.88. The average molecular weight is 518 g/mol. The molecule has 0 saturated carbocycles. The van der Waals surface area contributed by atoms with Crippen molar-refractivity contribution in [2.45, 2.75) is 57.4 Å². The molecule has 1 aromatic heterocycles. The van der Waals surface area contributed by atoms with Crippen molar-refractivity contribution < 1.29 is 27.9 Å². The number of carbonyl (C=O) groups excluding carboxylic acids is 1. The number of aromatic nitrogens is 1. The SMILES string of the molecule is CC(=O)c1ccc(S(=O)(=O)c2c(C)c(C(=O)O)n(CCCOc3cc(C)c(Cl)c(C)c3)c2C)cc1. The molecule has 186 valence electrons. The van der Waals surface area contributed by atoms with Crippen molar-refractivity contribution in [3.63, 3.8) is 0 Å². The molecule has 0 atom stereocenters. The first-order valence-corrected chi connectivity index (χ1v) is 12.9. The van der Waals surface area contributed by atoms with Crippen LogP contribution in [-0.2, 0) is 16.4 Å². The van der Waals surface area contributed by atoms with Gasteiger partial charge < -0.3 is 14.4 Å². The topological polar surface area (TPSA) is 103 Å². The number of aryl methyl sites for hydroxylation is 2. The number of ether oxygens (including phenoxy) is 1. The maximum absolute atomic E-state index is 13.4. The lowest BCUT2D eigenvalue weighted by Gasteiger charge is -2.12. The Kier molecular flexibility index (Phi) is 7.77. The predicted octanol–water partition coefficient (Wildman–Crippen LogP) is 5.58. The monoisotopic (exact) mass is 517 g/mol. The molecule has 9 heteroatoms. The second-order valence-corrected chi connectivity index (χ2v) is 10.8. The number of carboxylic acids is 1. The number of sulfone groups is 1. The Hall–Kier alpha value is -3.10. The molecule has 7 nitrogen and oxygen atoms in total. The van der Waals surface area contributed by atoms with Crippen LogP contribution >= 0.6 is 11.6 Å². The minimum Gasteiger partial charge on any atom is -0.494 e. The molecule has 0 aliphatic heterocycles. The highest BCUT2D eigenvalue weighted by molar-refractivity contribution is 7.91. The summed E-state index contributed by atoms with van der Waals surface area (Å²) in [7, 11) is -4.00. The number of benzene rings is 2. The van der Waals surface area contributed by atoms with E-state index in [0.717, 1.165) is 11.1 Å². The molecule has 3 rings (SSSR count). The van der Waals surface area contributed by atoms with E-state index in [-0.39, 0.29) is 33.4 Å². The van der Waals surface area contributed by atoms with Crippen LogP contribution in [0, 0.1) is 27.7 Å². The summed E-state index contributed by atoms with van der Waals surface area (Å²) < 4.78 is 34.2. The zero-order valence-corrected chi connectivity index (χ0v) is 21.9. The fourth-order valence-electron chi connectivity index (χ4n) is 4.21. The number of carbonyl (C=O) groups is 2. The van der Waals surface area contributed by atoms with E-state index in [1.54, 1.807) is 6.92 Å². The zero-order chi connectivity index (χ0) is 26.1. The maximum Gasteiger partial charge on any atom is 0.352 e. The largest absolute Gasteiger partial charge is 0.494 e. The molecule has 1 heterocycles. The molecule has 0 saturated heterocycles. The third-order valence-electron chi connectivity index (χ3n) is 5.95. The first kappa shape index (κ1) is 26.5. The van der Waals surface area contributed by atoms with Crippen molar-refractivity contribution in [3.05, 3.63) is 75.1 Å². The molecule has 0 spiro atoms. The van der Waals surface area contributed by atoms with Crippen molar-refractivity contribution in [3.8, 4) is 5.75 Å². The average Bonchev–Trinajstić information content (AvgIpc) is 3.04. The Morgan fingerprint density at radius 1 is 1.03 bits per heavy atom. The first-order chi connectivity index (χ1) is 16.4. The van der Waals surface area contributed by atoms with E-state index in [0.29, 0.717) is 35.1 Å². The molecule has 0 radical (unpaired) electrons. The van der Waals surface area contributed by atoms with Crippen LogP contribution in [0.1, 0.15) is 56.6 Å². The van der Waals surface area contributed by atoms with Crippen LogP contribution in [0.3, 0.4) is 0 Å². The van der Waals surface area contributed by atoms with E-state index < -0.39 is 15.8 Å². The van der Waals surface area contributed by atoms with Gasteiger partial charge in [0.05, 0.1) is 16.4 Å². The quantitative estimate of drug-likeness (QED) is 0.293. The Bertz CT molecular complexity index is 1380. The summed E-state index contributed by atoms with van der Waals surface area (Å²) in [5, 5.41) is 10.5. The van der Waals surface area contributed by atoms with Gasteiger partial charge in [-0.3, -0.25) is 4.79 Å². The first-order valence-electron chi connectivity index (χ1n) is 11.0. The van der Waals surface area contributed by atoms with Crippen LogP contribution in [0.2, 0.25) is 5.02 Å². The van der Waals surface area contributed by atoms with Crippen molar-refractivity contribution in [1.29, 1.82) is 0 Å². The fraction of sp³-hybridized carbons (Fsp3) is 0.308. The third-order valence-corrected chi connectivity index (χ3v) is 8.57. The summed E-state index contributed by atoms with van der Waals surface area (Å²) in [6.07, 6.45) is 0.461. The molecule has 0 aliphatic carbocycles. The van der Waals surface area contributed by atoms with Gasteiger partial charge in [0.2, 0.25) is 9.84 Å². The molecule has 35 heavy (non-hydrogen) atoms. The second kappa shape index (κ2) is 10.3. The summed E-state index contributed by atoms with van der Waals surface area (Å²) in [5.41, 5.74) is 2.65. The van der Waals surface area contributed by atoms with E-state index in [1.807, 2.05) is 26.0 Å². The Morgan fingerprint density at radius 2 is 1.60 bits per heavy atom. The summed E-state index contributed by atoms with van der Waals surface area (Å²) in [5.74, 6) is -0.712. The van der Waals surface area contributed by atoms with Gasteiger partial charge in [-0.1, -0.05) is 23.7 Å². The van der Waals surface area contributed by atoms with Gasteiger partial charge in [0.25, 0.3) is 0 Å². The van der Waals surface area contributed by atoms with E-state index in [4.69, 9.17) is 16.3 Å². The van der Waals surface area contributed by atoms with Gasteiger partial charge in [-0.05, 0) is 76.4 Å². The number of hydrogen-bond acceptors (Lipinski definition) is 5. The van der Waals surface area contributed by atoms with Crippen molar-refractivity contribution in [1.82, 2.24) is 4.57 Å². The molecular weight excluding hydrogens is 490 g/mol. The number of hydrogen-bond donors (Lipinski definition) is 1. The maximum atomic E-state index is 13.4. The van der Waals surface area contributed by atoms with E-state index in [9.17, 15) is 23.1 Å². The van der Waals surface area contributed by atoms with Gasteiger partial charge in [0.15, 0.2) is 5.78 Å². The van der Waals surface area contributed by atoms with Gasteiger partial charge >= 0.3 is 5.97 Å². The number of halogens is 1. The minimum absolute atomic E-state index is 0.000370. The summed E-state index contributed by atoms with van der Waals surface area (Å²) in [4.78, 5) is 23.6. The van der Waals surface area contributed by atoms with Gasteiger partial charge in [-0.2, -0.15) is 0 Å². The summed E-state index contributed by atoms with van der Waals surface area (Å²) in [6, 6.07) is 9.31. The standard InChI is InChI=1S/C26H28ClNO6S/c1-15-13-21(14-16(2)23(15)27)34-12-6-11-28-18(4)25(17(3)24(28)26(30)31)35(32,33)22-9-7-20(8-10-22)19(5)29/h7-10,13-14H,6,11-12H2,1-5H3,(H,30,31). The van der Waals surface area contributed by atoms with Crippen LogP contribution in [-0.4, -0.2) is 36.5 Å². The molecule has 0 unspecified atom stereocenters. The van der Waals surface area contributed by atoms with Crippen LogP contribution in [0.15, 0.2) is 46.2 Å². The van der Waals surface area contributed by atoms with Gasteiger partial charge in [-0.15, -0.1) is 0 Å². The molecule has 3 aromatic rings. The predicted molar refractivity (Wildman–Crippen MR) is 134 cm³/mol. The minimum atomic E-state index is -4.00. The third kappa shape index (κ3) is 5.28. The smallest absolute Gasteiger partial charge is 0.352 e. The van der Waals surface area contributed by atoms with Crippen LogP contribution in [0.4, 0.5) is 0 Å². The molecule has 0 bridgehead atoms. The highest BCUT2D eigenvalue weighted by Crippen LogP contribution is 2.32. The van der Waals surface area contributed by atoms with Crippen molar-refractivity contribution in [2.24, 2.45) is 0 Å². The fourth-order valence-corrected chi connectivity index (χ4v) is 6.05. The lowest BCUT2D eigenvalue weighted by atomic mass is 10.1. The van der Waals surface area contributed by atoms with E-state index in [1.165, 1.54) is 42.7 Å². The van der Waals surface area contributed by atoms with Crippen LogP contribution < -0.4 is 4.74 Å². The number of aromatic carboxylic acids is 1. The van der Waals surface area contributed by atoms with E-state index >= 15 is 0 Å². The summed E-state index contributed by atoms with van der Waals surface area (Å²) >= 11 is 6.20. The second-order valence-electron chi connectivity index (χ2n) is 8.50. The highest BCUT2D eigenvalue weighted by Gasteiger charge is 2.31. The molecular formula is C26H28ClNO6S. The van der Waals surface area contributed by atoms with Gasteiger partial charge in [0.1, 0.15) is 11.4 Å². The lowest BCUT2D eigenvalue weighted by Crippen LogP contribution is -2.13.